The first-order valence-corrected chi connectivity index (χ1v) is 13.6. The average molecular weight is 565 g/mol. The van der Waals surface area contributed by atoms with E-state index >= 15 is 0 Å². The number of ketones is 2. The number of carbonyl (C=O) groups is 6. The van der Waals surface area contributed by atoms with Crippen molar-refractivity contribution in [2.75, 3.05) is 13.2 Å². The zero-order valence-corrected chi connectivity index (χ0v) is 23.9. The van der Waals surface area contributed by atoms with Crippen LogP contribution in [0.25, 0.3) is 0 Å². The zero-order chi connectivity index (χ0) is 29.3. The molecule has 2 N–H and O–H groups in total. The maximum absolute atomic E-state index is 12.7. The van der Waals surface area contributed by atoms with Crippen molar-refractivity contribution >= 4 is 46.8 Å². The van der Waals surface area contributed by atoms with Crippen molar-refractivity contribution in [3.05, 3.63) is 27.9 Å². The molecule has 1 aromatic heterocycles. The van der Waals surface area contributed by atoms with E-state index in [1.165, 1.54) is 16.4 Å². The van der Waals surface area contributed by atoms with E-state index in [2.05, 4.69) is 15.6 Å². The first-order valence-electron chi connectivity index (χ1n) is 12.7. The fraction of sp³-hybridized carbons (Fsp3) is 0.577. The fourth-order valence-electron chi connectivity index (χ4n) is 3.72. The Kier molecular flexibility index (Phi) is 11.3. The predicted octanol–water partition coefficient (Wildman–Crippen LogP) is 2.78. The van der Waals surface area contributed by atoms with Gasteiger partial charge < -0.3 is 20.1 Å². The highest BCUT2D eigenvalue weighted by Crippen LogP contribution is 2.29. The topological polar surface area (TPSA) is 161 Å². The first kappa shape index (κ1) is 31.6. The number of esters is 1. The van der Waals surface area contributed by atoms with Crippen molar-refractivity contribution in [3.63, 3.8) is 0 Å². The van der Waals surface area contributed by atoms with Gasteiger partial charge in [0.1, 0.15) is 11.3 Å². The maximum Gasteiger partial charge on any atom is 0.414 e. The number of hydrogen-bond donors (Lipinski definition) is 2. The largest absolute Gasteiger partial charge is 0.461 e. The highest BCUT2D eigenvalue weighted by molar-refractivity contribution is 7.11. The summed E-state index contributed by atoms with van der Waals surface area (Å²) in [5, 5.41) is 6.37. The number of allylic oxidation sites excluding steroid dienone is 1. The summed E-state index contributed by atoms with van der Waals surface area (Å²) < 4.78 is 10.3. The van der Waals surface area contributed by atoms with Crippen molar-refractivity contribution in [3.8, 4) is 0 Å². The lowest BCUT2D eigenvalue weighted by Crippen LogP contribution is -2.43. The second-order valence-corrected chi connectivity index (χ2v) is 10.8. The quantitative estimate of drug-likeness (QED) is 0.178. The van der Waals surface area contributed by atoms with Crippen molar-refractivity contribution < 1.29 is 38.2 Å². The molecule has 2 heterocycles. The molecule has 0 radical (unpaired) electrons. The second kappa shape index (κ2) is 14.0. The number of nitrogens with zero attached hydrogens (tertiary/aromatic N) is 2. The van der Waals surface area contributed by atoms with E-state index in [1.54, 1.807) is 34.6 Å². The monoisotopic (exact) mass is 564 g/mol. The summed E-state index contributed by atoms with van der Waals surface area (Å²) in [7, 11) is 0. The number of amides is 3. The van der Waals surface area contributed by atoms with Gasteiger partial charge in [-0.05, 0) is 53.9 Å². The maximum atomic E-state index is 12.7. The normalized spacial score (nSPS) is 16.9. The van der Waals surface area contributed by atoms with Crippen LogP contribution in [0.3, 0.4) is 0 Å². The third kappa shape index (κ3) is 9.57. The molecule has 2 atom stereocenters. The van der Waals surface area contributed by atoms with Crippen LogP contribution in [0.5, 0.6) is 0 Å². The van der Waals surface area contributed by atoms with Gasteiger partial charge in [0.2, 0.25) is 22.6 Å². The highest BCUT2D eigenvalue weighted by Gasteiger charge is 2.34. The Balaban J connectivity index is 1.91. The van der Waals surface area contributed by atoms with Crippen molar-refractivity contribution in [1.29, 1.82) is 0 Å². The summed E-state index contributed by atoms with van der Waals surface area (Å²) >= 11 is 0.952. The summed E-state index contributed by atoms with van der Waals surface area (Å²) in [6.45, 7) is 10.2. The smallest absolute Gasteiger partial charge is 0.414 e. The average Bonchev–Trinajstić information content (AvgIpc) is 3.47. The van der Waals surface area contributed by atoms with Crippen molar-refractivity contribution in [2.24, 2.45) is 0 Å². The third-order valence-electron chi connectivity index (χ3n) is 5.59. The first-order chi connectivity index (χ1) is 18.2. The molecule has 0 aliphatic carbocycles. The van der Waals surface area contributed by atoms with Crippen LogP contribution >= 0.6 is 11.3 Å². The third-order valence-corrected chi connectivity index (χ3v) is 6.41. The zero-order valence-electron chi connectivity index (χ0n) is 23.1. The molecule has 2 rings (SSSR count). The molecule has 13 heteroatoms. The number of hydrogen-bond acceptors (Lipinski definition) is 10. The summed E-state index contributed by atoms with van der Waals surface area (Å²) in [6, 6.07) is -1.08. The van der Waals surface area contributed by atoms with Crippen LogP contribution in [-0.4, -0.2) is 76.2 Å². The number of ether oxygens (including phenoxy) is 2. The van der Waals surface area contributed by atoms with E-state index in [0.29, 0.717) is 18.5 Å². The van der Waals surface area contributed by atoms with Crippen LogP contribution in [-0.2, 0) is 23.9 Å². The van der Waals surface area contributed by atoms with Crippen molar-refractivity contribution in [2.45, 2.75) is 84.9 Å². The Bertz CT molecular complexity index is 1140. The van der Waals surface area contributed by atoms with E-state index in [4.69, 9.17) is 9.47 Å². The molecule has 1 aliphatic rings. The number of likely N-dealkylation sites (tertiary alicyclic amines) is 1. The van der Waals surface area contributed by atoms with Crippen molar-refractivity contribution in [1.82, 2.24) is 20.5 Å². The van der Waals surface area contributed by atoms with Crippen LogP contribution in [0.1, 0.15) is 87.5 Å². The molecule has 214 valence electrons. The number of nitrogens with one attached hydrogen (secondary N) is 2. The molecule has 3 amide bonds. The van der Waals surface area contributed by atoms with Crippen LogP contribution in [0.4, 0.5) is 4.79 Å². The van der Waals surface area contributed by atoms with Gasteiger partial charge in [0.05, 0.1) is 25.6 Å². The van der Waals surface area contributed by atoms with Gasteiger partial charge in [0.25, 0.3) is 0 Å². The second-order valence-electron chi connectivity index (χ2n) is 9.94. The van der Waals surface area contributed by atoms with Crippen LogP contribution in [0.15, 0.2) is 17.2 Å². The molecule has 1 aromatic rings. The molecule has 1 fully saturated rings. The van der Waals surface area contributed by atoms with Gasteiger partial charge in [-0.25, -0.2) is 14.6 Å². The Labute approximate surface area is 231 Å². The molecule has 39 heavy (non-hydrogen) atoms. The highest BCUT2D eigenvalue weighted by atomic mass is 32.1. The van der Waals surface area contributed by atoms with Gasteiger partial charge in [0, 0.05) is 23.2 Å². The number of carbonyl (C=O) groups excluding carboxylic acids is 6. The number of rotatable bonds is 11. The Hall–Kier alpha value is -3.61. The SMILES string of the molecule is CCOC(=O)c1nc(C(=O)CNC(=O)CC(=O)C(CC)NC(=O)/C=C2\CCC(C)N2C(=O)OC(C)(C)C)cs1. The van der Waals surface area contributed by atoms with Crippen LogP contribution < -0.4 is 10.6 Å². The summed E-state index contributed by atoms with van der Waals surface area (Å²) in [6.07, 6.45) is 1.58. The summed E-state index contributed by atoms with van der Waals surface area (Å²) in [4.78, 5) is 79.6. The molecule has 0 aromatic carbocycles. The van der Waals surface area contributed by atoms with E-state index in [-0.39, 0.29) is 29.8 Å². The van der Waals surface area contributed by atoms with Crippen LogP contribution in [0, 0.1) is 0 Å². The van der Waals surface area contributed by atoms with Gasteiger partial charge in [-0.1, -0.05) is 6.92 Å². The van der Waals surface area contributed by atoms with E-state index < -0.39 is 60.1 Å². The lowest BCUT2D eigenvalue weighted by Gasteiger charge is -2.28. The number of Topliss-reactive ketones (excluding diaryl/α,β-unsaturated/α-hetero) is 2. The molecule has 0 saturated carbocycles. The summed E-state index contributed by atoms with van der Waals surface area (Å²) in [5.41, 5.74) is -0.201. The van der Waals surface area contributed by atoms with E-state index in [9.17, 15) is 28.8 Å². The molecule has 1 saturated heterocycles. The standard InChI is InChI=1S/C26H36N4O8S/c1-7-17(28-22(34)11-16-10-9-15(3)30(16)25(36)38-26(4,5)6)19(31)12-21(33)27-13-20(32)18-14-39-23(29-18)24(35)37-8-2/h11,14-15,17H,7-10,12-13H2,1-6H3,(H,27,33)(H,28,34)/b16-11+. The fourth-order valence-corrected chi connectivity index (χ4v) is 4.43. The molecular formula is C26H36N4O8S. The van der Waals surface area contributed by atoms with Gasteiger partial charge in [-0.2, -0.15) is 0 Å². The van der Waals surface area contributed by atoms with E-state index in [1.807, 2.05) is 6.92 Å². The number of aromatic nitrogens is 1. The van der Waals surface area contributed by atoms with Gasteiger partial charge in [-0.3, -0.25) is 24.1 Å². The number of thiazole rings is 1. The molecule has 12 nitrogen and oxygen atoms in total. The molecule has 0 spiro atoms. The van der Waals surface area contributed by atoms with Gasteiger partial charge in [0.15, 0.2) is 5.78 Å². The lowest BCUT2D eigenvalue weighted by atomic mass is 10.1. The molecule has 1 aliphatic heterocycles. The Morgan fingerprint density at radius 3 is 2.51 bits per heavy atom. The predicted molar refractivity (Wildman–Crippen MR) is 142 cm³/mol. The molecule has 0 bridgehead atoms. The van der Waals surface area contributed by atoms with Crippen LogP contribution in [0.2, 0.25) is 0 Å². The van der Waals surface area contributed by atoms with Gasteiger partial charge >= 0.3 is 12.1 Å². The van der Waals surface area contributed by atoms with Gasteiger partial charge in [-0.15, -0.1) is 11.3 Å². The lowest BCUT2D eigenvalue weighted by molar-refractivity contribution is -0.131. The minimum absolute atomic E-state index is 0.00284. The minimum Gasteiger partial charge on any atom is -0.461 e. The molecule has 2 unspecified atom stereocenters. The Morgan fingerprint density at radius 2 is 1.90 bits per heavy atom. The minimum atomic E-state index is -0.935. The Morgan fingerprint density at radius 1 is 1.21 bits per heavy atom. The molecular weight excluding hydrogens is 528 g/mol. The summed E-state index contributed by atoms with van der Waals surface area (Å²) in [5.74, 6) is -2.96. The van der Waals surface area contributed by atoms with E-state index in [0.717, 1.165) is 11.3 Å².